The summed E-state index contributed by atoms with van der Waals surface area (Å²) in [5.74, 6) is -0.0928. The molecule has 1 aliphatic heterocycles. The first-order valence-corrected chi connectivity index (χ1v) is 13.4. The lowest BCUT2D eigenvalue weighted by Gasteiger charge is -2.35. The van der Waals surface area contributed by atoms with Crippen molar-refractivity contribution in [2.75, 3.05) is 30.9 Å². The maximum atomic E-state index is 13.0. The third-order valence-electron chi connectivity index (χ3n) is 6.46. The molecule has 1 N–H and O–H groups in total. The summed E-state index contributed by atoms with van der Waals surface area (Å²) >= 11 is 0. The van der Waals surface area contributed by atoms with Crippen molar-refractivity contribution in [1.82, 2.24) is 14.8 Å². The van der Waals surface area contributed by atoms with Crippen LogP contribution in [0.5, 0.6) is 0 Å². The Hall–Kier alpha value is -4.26. The summed E-state index contributed by atoms with van der Waals surface area (Å²) in [6, 6.07) is 24.8. The molecule has 0 unspecified atom stereocenters. The van der Waals surface area contributed by atoms with Gasteiger partial charge in [-0.1, -0.05) is 36.4 Å². The van der Waals surface area contributed by atoms with Crippen LogP contribution < -0.4 is 4.72 Å². The number of para-hydroxylation sites is 1. The lowest BCUT2D eigenvalue weighted by molar-refractivity contribution is 0.0628. The van der Waals surface area contributed by atoms with Gasteiger partial charge < -0.3 is 4.90 Å². The number of sulfonamides is 1. The number of nitrogens with zero attached hydrogens (tertiary/aromatic N) is 4. The molecule has 1 aliphatic rings. The number of carbonyl (C=O) groups excluding carboxylic acids is 1. The van der Waals surface area contributed by atoms with Crippen molar-refractivity contribution in [3.05, 3.63) is 102 Å². The number of rotatable bonds is 6. The van der Waals surface area contributed by atoms with Crippen molar-refractivity contribution in [1.29, 1.82) is 5.26 Å². The van der Waals surface area contributed by atoms with Crippen LogP contribution in [0.15, 0.2) is 90.0 Å². The molecule has 9 heteroatoms. The Morgan fingerprint density at radius 3 is 2.41 bits per heavy atom. The second-order valence-electron chi connectivity index (χ2n) is 8.85. The number of carbonyl (C=O) groups is 1. The third-order valence-corrected chi connectivity index (χ3v) is 7.87. The van der Waals surface area contributed by atoms with E-state index >= 15 is 0 Å². The molecule has 5 rings (SSSR count). The van der Waals surface area contributed by atoms with Crippen molar-refractivity contribution in [3.63, 3.8) is 0 Å². The Bertz CT molecular complexity index is 1580. The molecule has 3 aromatic carbocycles. The van der Waals surface area contributed by atoms with E-state index in [1.165, 1.54) is 6.07 Å². The highest BCUT2D eigenvalue weighted by molar-refractivity contribution is 7.93. The largest absolute Gasteiger partial charge is 0.336 e. The van der Waals surface area contributed by atoms with Gasteiger partial charge in [0, 0.05) is 55.6 Å². The standard InChI is InChI=1S/C28H25N5O3S/c29-19-23-5-1-2-6-24(23)20-32-15-17-33(18-16-32)28(34)22-10-12-25(13-11-22)31-37(35,36)26-9-3-7-21-8-4-14-30-27(21)26/h1-14,31H,15-18,20H2. The Balaban J connectivity index is 1.22. The first kappa shape index (κ1) is 24.4. The van der Waals surface area contributed by atoms with Crippen LogP contribution >= 0.6 is 0 Å². The van der Waals surface area contributed by atoms with Crippen molar-refractivity contribution >= 4 is 32.5 Å². The summed E-state index contributed by atoms with van der Waals surface area (Å²) < 4.78 is 28.7. The molecule has 8 nitrogen and oxygen atoms in total. The zero-order valence-electron chi connectivity index (χ0n) is 20.0. The maximum Gasteiger partial charge on any atom is 0.264 e. The van der Waals surface area contributed by atoms with E-state index in [4.69, 9.17) is 0 Å². The number of piperazine rings is 1. The first-order valence-electron chi connectivity index (χ1n) is 11.9. The maximum absolute atomic E-state index is 13.0. The molecular formula is C28H25N5O3S. The first-order chi connectivity index (χ1) is 17.9. The van der Waals surface area contributed by atoms with Crippen LogP contribution in [-0.2, 0) is 16.6 Å². The minimum absolute atomic E-state index is 0.0928. The van der Waals surface area contributed by atoms with E-state index in [-0.39, 0.29) is 10.8 Å². The van der Waals surface area contributed by atoms with Crippen molar-refractivity contribution in [2.45, 2.75) is 11.4 Å². The minimum Gasteiger partial charge on any atom is -0.336 e. The number of benzene rings is 3. The minimum atomic E-state index is -3.86. The fraction of sp³-hybridized carbons (Fsp3) is 0.179. The molecule has 4 aromatic rings. The highest BCUT2D eigenvalue weighted by Gasteiger charge is 2.23. The molecule has 0 spiro atoms. The summed E-state index contributed by atoms with van der Waals surface area (Å²) in [5, 5.41) is 10.0. The van der Waals surface area contributed by atoms with Crippen LogP contribution in [0.2, 0.25) is 0 Å². The Labute approximate surface area is 215 Å². The van der Waals surface area contributed by atoms with Gasteiger partial charge in [-0.05, 0) is 48.0 Å². The molecule has 37 heavy (non-hydrogen) atoms. The predicted molar refractivity (Wildman–Crippen MR) is 141 cm³/mol. The van der Waals surface area contributed by atoms with Crippen LogP contribution in [0.1, 0.15) is 21.5 Å². The van der Waals surface area contributed by atoms with Gasteiger partial charge in [0.1, 0.15) is 4.90 Å². The molecule has 0 aliphatic carbocycles. The number of nitriles is 1. The summed E-state index contributed by atoms with van der Waals surface area (Å²) in [5.41, 5.74) is 2.93. The topological polar surface area (TPSA) is 106 Å². The number of pyridine rings is 1. The van der Waals surface area contributed by atoms with Gasteiger partial charge in [-0.25, -0.2) is 8.42 Å². The zero-order valence-corrected chi connectivity index (χ0v) is 20.9. The molecule has 1 fully saturated rings. The van der Waals surface area contributed by atoms with Gasteiger partial charge in [0.2, 0.25) is 0 Å². The SMILES string of the molecule is N#Cc1ccccc1CN1CCN(C(=O)c2ccc(NS(=O)(=O)c3cccc4cccnc34)cc2)CC1. The Morgan fingerprint density at radius 1 is 0.919 bits per heavy atom. The van der Waals surface area contributed by atoms with Gasteiger partial charge in [-0.15, -0.1) is 0 Å². The average Bonchev–Trinajstić information content (AvgIpc) is 2.93. The van der Waals surface area contributed by atoms with E-state index < -0.39 is 10.0 Å². The smallest absolute Gasteiger partial charge is 0.264 e. The van der Waals surface area contributed by atoms with Crippen LogP contribution in [0.25, 0.3) is 10.9 Å². The van der Waals surface area contributed by atoms with Crippen LogP contribution in [0, 0.1) is 11.3 Å². The van der Waals surface area contributed by atoms with Gasteiger partial charge >= 0.3 is 0 Å². The van der Waals surface area contributed by atoms with Crippen LogP contribution in [0.4, 0.5) is 5.69 Å². The molecule has 0 atom stereocenters. The highest BCUT2D eigenvalue weighted by atomic mass is 32.2. The molecule has 0 saturated carbocycles. The molecule has 1 amide bonds. The molecule has 0 bridgehead atoms. The molecule has 2 heterocycles. The van der Waals surface area contributed by atoms with E-state index in [2.05, 4.69) is 20.7 Å². The molecule has 1 saturated heterocycles. The molecule has 186 valence electrons. The highest BCUT2D eigenvalue weighted by Crippen LogP contribution is 2.24. The summed E-state index contributed by atoms with van der Waals surface area (Å²) in [7, 11) is -3.86. The number of anilines is 1. The van der Waals surface area contributed by atoms with E-state index in [1.54, 1.807) is 47.5 Å². The summed E-state index contributed by atoms with van der Waals surface area (Å²) in [4.78, 5) is 21.4. The van der Waals surface area contributed by atoms with Crippen molar-refractivity contribution < 1.29 is 13.2 Å². The van der Waals surface area contributed by atoms with Gasteiger partial charge in [0.15, 0.2) is 0 Å². The number of aromatic nitrogens is 1. The predicted octanol–water partition coefficient (Wildman–Crippen LogP) is 3.87. The van der Waals surface area contributed by atoms with E-state index in [1.807, 2.05) is 36.4 Å². The number of hydrogen-bond acceptors (Lipinski definition) is 6. The summed E-state index contributed by atoms with van der Waals surface area (Å²) in [6.07, 6.45) is 1.56. The van der Waals surface area contributed by atoms with Crippen molar-refractivity contribution in [3.8, 4) is 6.07 Å². The monoisotopic (exact) mass is 511 g/mol. The number of hydrogen-bond donors (Lipinski definition) is 1. The number of nitrogens with one attached hydrogen (secondary N) is 1. The molecule has 0 radical (unpaired) electrons. The Morgan fingerprint density at radius 2 is 1.65 bits per heavy atom. The third kappa shape index (κ3) is 5.31. The normalized spacial score (nSPS) is 14.3. The Kier molecular flexibility index (Phi) is 6.86. The van der Waals surface area contributed by atoms with Gasteiger partial charge in [-0.2, -0.15) is 5.26 Å². The van der Waals surface area contributed by atoms with Gasteiger partial charge in [0.25, 0.3) is 15.9 Å². The average molecular weight is 512 g/mol. The fourth-order valence-corrected chi connectivity index (χ4v) is 5.72. The zero-order chi connectivity index (χ0) is 25.8. The van der Waals surface area contributed by atoms with Crippen LogP contribution in [-0.4, -0.2) is 55.3 Å². The second-order valence-corrected chi connectivity index (χ2v) is 10.5. The van der Waals surface area contributed by atoms with E-state index in [9.17, 15) is 18.5 Å². The van der Waals surface area contributed by atoms with E-state index in [0.717, 1.165) is 10.9 Å². The van der Waals surface area contributed by atoms with Gasteiger partial charge in [-0.3, -0.25) is 19.4 Å². The quantitative estimate of drug-likeness (QED) is 0.421. The van der Waals surface area contributed by atoms with Crippen LogP contribution in [0.3, 0.4) is 0 Å². The lowest BCUT2D eigenvalue weighted by atomic mass is 10.1. The second kappa shape index (κ2) is 10.4. The van der Waals surface area contributed by atoms with Crippen molar-refractivity contribution in [2.24, 2.45) is 0 Å². The molecule has 1 aromatic heterocycles. The van der Waals surface area contributed by atoms with E-state index in [0.29, 0.717) is 55.1 Å². The fourth-order valence-electron chi connectivity index (χ4n) is 4.48. The number of fused-ring (bicyclic) bond motifs is 1. The number of amides is 1. The molecular weight excluding hydrogens is 486 g/mol. The van der Waals surface area contributed by atoms with Gasteiger partial charge in [0.05, 0.1) is 17.1 Å². The lowest BCUT2D eigenvalue weighted by Crippen LogP contribution is -2.48. The summed E-state index contributed by atoms with van der Waals surface area (Å²) in [6.45, 7) is 3.25.